The normalized spacial score (nSPS) is 13.8. The highest BCUT2D eigenvalue weighted by atomic mass is 32.1. The average molecular weight is 681 g/mol. The number of thiophene rings is 2. The highest BCUT2D eigenvalue weighted by Gasteiger charge is 2.30. The lowest BCUT2D eigenvalue weighted by Crippen LogP contribution is -2.40. The molecule has 0 bridgehead atoms. The van der Waals surface area contributed by atoms with Crippen molar-refractivity contribution in [2.45, 2.75) is 37.5 Å². The number of ether oxygens (including phenoxy) is 4. The van der Waals surface area contributed by atoms with E-state index in [1.165, 1.54) is 0 Å². The van der Waals surface area contributed by atoms with Gasteiger partial charge in [0.05, 0.1) is 0 Å². The second-order valence-corrected chi connectivity index (χ2v) is 12.9. The van der Waals surface area contributed by atoms with Crippen LogP contribution in [-0.2, 0) is 19.1 Å². The van der Waals surface area contributed by atoms with Crippen molar-refractivity contribution in [2.24, 2.45) is 0 Å². The highest BCUT2D eigenvalue weighted by Crippen LogP contribution is 2.36. The third kappa shape index (κ3) is 8.03. The number of carbonyl (C=O) groups excluding carboxylic acids is 2. The van der Waals surface area contributed by atoms with Crippen LogP contribution in [0.3, 0.4) is 0 Å². The fourth-order valence-corrected chi connectivity index (χ4v) is 7.08. The first kappa shape index (κ1) is 33.2. The fourth-order valence-electron chi connectivity index (χ4n) is 5.48. The summed E-state index contributed by atoms with van der Waals surface area (Å²) >= 11 is 3.28. The second-order valence-electron chi connectivity index (χ2n) is 11.0. The van der Waals surface area contributed by atoms with E-state index >= 15 is 0 Å². The van der Waals surface area contributed by atoms with Crippen LogP contribution >= 0.6 is 22.7 Å². The van der Waals surface area contributed by atoms with Crippen LogP contribution in [0.1, 0.15) is 36.2 Å². The zero-order valence-electron chi connectivity index (χ0n) is 26.5. The van der Waals surface area contributed by atoms with E-state index in [9.17, 15) is 9.59 Å². The lowest BCUT2D eigenvalue weighted by atomic mass is 10.1. The minimum absolute atomic E-state index is 0.244. The van der Waals surface area contributed by atoms with Gasteiger partial charge in [-0.3, -0.25) is 10.6 Å². The van der Waals surface area contributed by atoms with Crippen molar-refractivity contribution in [3.8, 4) is 11.5 Å². The molecular formula is C38H36N2O6S2. The minimum Gasteiger partial charge on any atom is -0.485 e. The van der Waals surface area contributed by atoms with Crippen LogP contribution in [0.15, 0.2) is 120 Å². The first-order valence-corrected chi connectivity index (χ1v) is 17.4. The molecule has 246 valence electrons. The maximum atomic E-state index is 13.1. The van der Waals surface area contributed by atoms with Crippen LogP contribution in [0.4, 0.5) is 0 Å². The van der Waals surface area contributed by atoms with Crippen LogP contribution < -0.4 is 20.1 Å². The predicted octanol–water partition coefficient (Wildman–Crippen LogP) is 8.01. The number of benzene rings is 4. The summed E-state index contributed by atoms with van der Waals surface area (Å²) in [7, 11) is 3.33. The van der Waals surface area contributed by atoms with Gasteiger partial charge in [0, 0.05) is 33.0 Å². The van der Waals surface area contributed by atoms with E-state index < -0.39 is 36.6 Å². The number of hydrogen-bond acceptors (Lipinski definition) is 10. The van der Waals surface area contributed by atoms with Crippen molar-refractivity contribution in [2.75, 3.05) is 14.1 Å². The van der Waals surface area contributed by atoms with Crippen molar-refractivity contribution in [1.82, 2.24) is 10.6 Å². The van der Waals surface area contributed by atoms with Gasteiger partial charge >= 0.3 is 11.9 Å². The number of rotatable bonds is 14. The van der Waals surface area contributed by atoms with Crippen molar-refractivity contribution in [3.63, 3.8) is 0 Å². The number of carbonyl (C=O) groups is 2. The third-order valence-corrected chi connectivity index (χ3v) is 9.72. The monoisotopic (exact) mass is 680 g/mol. The summed E-state index contributed by atoms with van der Waals surface area (Å²) in [6.07, 6.45) is -2.13. The molecule has 0 amide bonds. The molecule has 6 rings (SSSR count). The molecule has 0 fully saturated rings. The Hall–Kier alpha value is -4.74. The van der Waals surface area contributed by atoms with Gasteiger partial charge in [-0.1, -0.05) is 72.8 Å². The van der Waals surface area contributed by atoms with Gasteiger partial charge < -0.3 is 18.9 Å². The van der Waals surface area contributed by atoms with Crippen LogP contribution in [-0.4, -0.2) is 38.5 Å². The van der Waals surface area contributed by atoms with Gasteiger partial charge in [-0.25, -0.2) is 9.59 Å². The Morgan fingerprint density at radius 1 is 0.562 bits per heavy atom. The molecule has 6 aromatic rings. The van der Waals surface area contributed by atoms with E-state index in [4.69, 9.17) is 18.9 Å². The average Bonchev–Trinajstić information content (AvgIpc) is 3.82. The van der Waals surface area contributed by atoms with E-state index in [-0.39, 0.29) is 12.8 Å². The zero-order chi connectivity index (χ0) is 33.3. The summed E-state index contributed by atoms with van der Waals surface area (Å²) in [5.74, 6) is -0.765. The van der Waals surface area contributed by atoms with Gasteiger partial charge in [-0.15, -0.1) is 22.7 Å². The maximum Gasteiger partial charge on any atom is 0.419 e. The Morgan fingerprint density at radius 2 is 0.979 bits per heavy atom. The van der Waals surface area contributed by atoms with Crippen LogP contribution in [0.25, 0.3) is 20.2 Å². The van der Waals surface area contributed by atoms with Gasteiger partial charge in [0.2, 0.25) is 0 Å². The largest absolute Gasteiger partial charge is 0.485 e. The van der Waals surface area contributed by atoms with E-state index in [0.717, 1.165) is 42.8 Å². The number of fused-ring (bicyclic) bond motifs is 2. The molecule has 2 heterocycles. The predicted molar refractivity (Wildman–Crippen MR) is 190 cm³/mol. The third-order valence-electron chi connectivity index (χ3n) is 7.96. The smallest absolute Gasteiger partial charge is 0.419 e. The molecule has 48 heavy (non-hydrogen) atoms. The van der Waals surface area contributed by atoms with Crippen LogP contribution in [0, 0.1) is 0 Å². The Bertz CT molecular complexity index is 1800. The number of esters is 2. The Kier molecular flexibility index (Phi) is 11.0. The van der Waals surface area contributed by atoms with Gasteiger partial charge in [-0.2, -0.15) is 0 Å². The first-order valence-electron chi connectivity index (χ1n) is 15.6. The molecule has 0 saturated heterocycles. The van der Waals surface area contributed by atoms with Crippen molar-refractivity contribution in [1.29, 1.82) is 0 Å². The first-order chi connectivity index (χ1) is 23.5. The van der Waals surface area contributed by atoms with Crippen molar-refractivity contribution >= 4 is 54.8 Å². The molecule has 0 spiro atoms. The van der Waals surface area contributed by atoms with Crippen LogP contribution in [0.2, 0.25) is 0 Å². The summed E-state index contributed by atoms with van der Waals surface area (Å²) < 4.78 is 26.5. The fraction of sp³-hybridized carbons (Fsp3) is 0.211. The summed E-state index contributed by atoms with van der Waals surface area (Å²) in [6.45, 7) is 0. The molecule has 10 heteroatoms. The van der Waals surface area contributed by atoms with E-state index in [1.54, 1.807) is 36.8 Å². The standard InChI is InChI=1S/C38H36N2O6S2/c1-39-35(23-31(25-11-5-3-6-12-25)43-29-15-9-17-33-27(29)19-21-47-33)45-37(41)38(42)46-36(40-2)24-32(26-13-7-4-8-14-26)44-30-16-10-18-34-28(30)20-22-48-34/h3-22,31-32,35-36,39-40H,23-24H2,1-2H3/t31-,32-,35?,36?/m1/s1. The summed E-state index contributed by atoms with van der Waals surface area (Å²) in [5.41, 5.74) is 1.81. The van der Waals surface area contributed by atoms with Gasteiger partial charge in [-0.05, 0) is 72.4 Å². The molecule has 2 aromatic heterocycles. The van der Waals surface area contributed by atoms with Gasteiger partial charge in [0.25, 0.3) is 0 Å². The molecule has 0 saturated carbocycles. The molecule has 2 N–H and O–H groups in total. The van der Waals surface area contributed by atoms with E-state index in [2.05, 4.69) is 10.6 Å². The van der Waals surface area contributed by atoms with Crippen LogP contribution in [0.5, 0.6) is 11.5 Å². The lowest BCUT2D eigenvalue weighted by Gasteiger charge is -2.26. The van der Waals surface area contributed by atoms with Gasteiger partial charge in [0.15, 0.2) is 12.5 Å². The summed E-state index contributed by atoms with van der Waals surface area (Å²) in [6, 6.07) is 35.3. The maximum absolute atomic E-state index is 13.1. The van der Waals surface area contributed by atoms with E-state index in [0.29, 0.717) is 0 Å². The Labute approximate surface area is 287 Å². The zero-order valence-corrected chi connectivity index (χ0v) is 28.2. The van der Waals surface area contributed by atoms with Crippen molar-refractivity contribution in [3.05, 3.63) is 131 Å². The topological polar surface area (TPSA) is 95.1 Å². The molecule has 0 radical (unpaired) electrons. The molecule has 0 aliphatic heterocycles. The lowest BCUT2D eigenvalue weighted by molar-refractivity contribution is -0.177. The second kappa shape index (κ2) is 15.9. The Balaban J connectivity index is 1.13. The molecule has 0 aliphatic rings. The highest BCUT2D eigenvalue weighted by molar-refractivity contribution is 7.17. The molecule has 8 nitrogen and oxygen atoms in total. The quantitative estimate of drug-likeness (QED) is 0.0679. The molecule has 2 unspecified atom stereocenters. The Morgan fingerprint density at radius 3 is 1.38 bits per heavy atom. The molecule has 4 aromatic carbocycles. The number of hydrogen-bond donors (Lipinski definition) is 2. The summed E-state index contributed by atoms with van der Waals surface area (Å²) in [5, 5.41) is 12.1. The van der Waals surface area contributed by atoms with Crippen molar-refractivity contribution < 1.29 is 28.5 Å². The molecular weight excluding hydrogens is 645 g/mol. The molecule has 4 atom stereocenters. The summed E-state index contributed by atoms with van der Waals surface area (Å²) in [4.78, 5) is 26.2. The SMILES string of the molecule is CNC(C[C@@H](Oc1cccc2sccc12)c1ccccc1)OC(=O)C(=O)OC(C[C@@H](Oc1cccc2sccc12)c1ccccc1)NC. The van der Waals surface area contributed by atoms with E-state index in [1.807, 2.05) is 120 Å². The number of nitrogens with one attached hydrogen (secondary N) is 2. The molecule has 0 aliphatic carbocycles. The van der Waals surface area contributed by atoms with Gasteiger partial charge in [0.1, 0.15) is 23.7 Å². The minimum atomic E-state index is -1.11.